The summed E-state index contributed by atoms with van der Waals surface area (Å²) in [7, 11) is 0. The van der Waals surface area contributed by atoms with E-state index in [1.807, 2.05) is 12.1 Å². The predicted molar refractivity (Wildman–Crippen MR) is 101 cm³/mol. The third kappa shape index (κ3) is 3.60. The summed E-state index contributed by atoms with van der Waals surface area (Å²) in [4.78, 5) is 16.9. The standard InChI is InChI=1S/C20H21FN2O2S/c21-17-8-3-5-14(11-17)18(24)25-13-16-6-1-2-9-20(16,19(22)26)15-7-4-10-23-12-15/h3-5,7-8,10-12,16H,1-2,6,9,13H2,(H2,22,26). The van der Waals surface area contributed by atoms with Gasteiger partial charge in [0.15, 0.2) is 0 Å². The molecule has 1 aliphatic rings. The van der Waals surface area contributed by atoms with E-state index in [1.54, 1.807) is 12.4 Å². The topological polar surface area (TPSA) is 65.2 Å². The molecule has 1 aliphatic carbocycles. The van der Waals surface area contributed by atoms with E-state index in [-0.39, 0.29) is 18.1 Å². The lowest BCUT2D eigenvalue weighted by molar-refractivity contribution is 0.0353. The number of benzene rings is 1. The van der Waals surface area contributed by atoms with E-state index in [0.717, 1.165) is 31.2 Å². The van der Waals surface area contributed by atoms with E-state index in [0.29, 0.717) is 4.99 Å². The average Bonchev–Trinajstić information content (AvgIpc) is 2.66. The van der Waals surface area contributed by atoms with Crippen LogP contribution in [0, 0.1) is 11.7 Å². The van der Waals surface area contributed by atoms with Crippen molar-refractivity contribution in [3.8, 4) is 0 Å². The van der Waals surface area contributed by atoms with Gasteiger partial charge in [-0.2, -0.15) is 0 Å². The van der Waals surface area contributed by atoms with Gasteiger partial charge in [-0.25, -0.2) is 9.18 Å². The molecule has 0 aliphatic heterocycles. The molecule has 0 amide bonds. The lowest BCUT2D eigenvalue weighted by Crippen LogP contribution is -2.50. The minimum atomic E-state index is -0.543. The van der Waals surface area contributed by atoms with Crippen molar-refractivity contribution >= 4 is 23.2 Å². The number of esters is 1. The van der Waals surface area contributed by atoms with Crippen LogP contribution in [0.25, 0.3) is 0 Å². The van der Waals surface area contributed by atoms with Crippen LogP contribution in [-0.2, 0) is 10.2 Å². The van der Waals surface area contributed by atoms with Crippen molar-refractivity contribution in [1.82, 2.24) is 4.98 Å². The molecule has 2 aromatic rings. The number of pyridine rings is 1. The monoisotopic (exact) mass is 372 g/mol. The Hall–Kier alpha value is -2.34. The van der Waals surface area contributed by atoms with Crippen LogP contribution in [-0.4, -0.2) is 22.5 Å². The van der Waals surface area contributed by atoms with Crippen molar-refractivity contribution in [2.75, 3.05) is 6.61 Å². The van der Waals surface area contributed by atoms with E-state index >= 15 is 0 Å². The smallest absolute Gasteiger partial charge is 0.338 e. The van der Waals surface area contributed by atoms with Crippen LogP contribution in [0.3, 0.4) is 0 Å². The molecule has 1 heterocycles. The highest BCUT2D eigenvalue weighted by molar-refractivity contribution is 7.80. The summed E-state index contributed by atoms with van der Waals surface area (Å²) >= 11 is 5.44. The molecule has 1 fully saturated rings. The molecule has 2 unspecified atom stereocenters. The van der Waals surface area contributed by atoms with Gasteiger partial charge in [-0.3, -0.25) is 4.98 Å². The first kappa shape index (κ1) is 18.5. The third-order valence-electron chi connectivity index (χ3n) is 5.16. The zero-order chi connectivity index (χ0) is 18.6. The Kier molecular flexibility index (Phi) is 5.61. The number of carbonyl (C=O) groups excluding carboxylic acids is 1. The lowest BCUT2D eigenvalue weighted by atomic mass is 9.63. The van der Waals surface area contributed by atoms with Gasteiger partial charge in [0.25, 0.3) is 0 Å². The molecule has 0 saturated heterocycles. The number of thiocarbonyl (C=S) groups is 1. The van der Waals surface area contributed by atoms with Crippen LogP contribution in [0.15, 0.2) is 48.8 Å². The average molecular weight is 372 g/mol. The maximum Gasteiger partial charge on any atom is 0.338 e. The van der Waals surface area contributed by atoms with E-state index in [9.17, 15) is 9.18 Å². The maximum atomic E-state index is 13.3. The highest BCUT2D eigenvalue weighted by Crippen LogP contribution is 2.44. The summed E-state index contributed by atoms with van der Waals surface area (Å²) in [5.74, 6) is -1.04. The van der Waals surface area contributed by atoms with E-state index in [1.165, 1.54) is 24.3 Å². The molecule has 0 radical (unpaired) electrons. The predicted octanol–water partition coefficient (Wildman–Crippen LogP) is 3.79. The Morgan fingerprint density at radius 2 is 2.19 bits per heavy atom. The Balaban J connectivity index is 1.82. The van der Waals surface area contributed by atoms with E-state index in [2.05, 4.69) is 4.98 Å². The number of aromatic nitrogens is 1. The SMILES string of the molecule is NC(=S)C1(c2cccnc2)CCCCC1COC(=O)c1cccc(F)c1. The van der Waals surface area contributed by atoms with Crippen molar-refractivity contribution in [2.45, 2.75) is 31.1 Å². The number of nitrogens with zero attached hydrogens (tertiary/aromatic N) is 1. The Morgan fingerprint density at radius 3 is 2.88 bits per heavy atom. The van der Waals surface area contributed by atoms with E-state index < -0.39 is 17.2 Å². The molecule has 4 nitrogen and oxygen atoms in total. The molecule has 1 saturated carbocycles. The van der Waals surface area contributed by atoms with Gasteiger partial charge >= 0.3 is 5.97 Å². The fraction of sp³-hybridized carbons (Fsp3) is 0.350. The number of ether oxygens (including phenoxy) is 1. The van der Waals surface area contributed by atoms with Crippen molar-refractivity contribution in [2.24, 2.45) is 11.7 Å². The summed E-state index contributed by atoms with van der Waals surface area (Å²) < 4.78 is 18.8. The van der Waals surface area contributed by atoms with Gasteiger partial charge in [0.1, 0.15) is 5.82 Å². The number of hydrogen-bond donors (Lipinski definition) is 1. The summed E-state index contributed by atoms with van der Waals surface area (Å²) in [5, 5.41) is 0. The van der Waals surface area contributed by atoms with Crippen molar-refractivity contribution < 1.29 is 13.9 Å². The molecule has 3 rings (SSSR count). The number of nitrogens with two attached hydrogens (primary N) is 1. The molecule has 0 bridgehead atoms. The van der Waals surface area contributed by atoms with Gasteiger partial charge in [0.05, 0.1) is 22.6 Å². The summed E-state index contributed by atoms with van der Waals surface area (Å²) in [6.45, 7) is 0.182. The second-order valence-electron chi connectivity index (χ2n) is 6.63. The molecular weight excluding hydrogens is 351 g/mol. The first-order chi connectivity index (χ1) is 12.5. The molecule has 1 aromatic carbocycles. The molecule has 0 spiro atoms. The largest absolute Gasteiger partial charge is 0.462 e. The highest BCUT2D eigenvalue weighted by Gasteiger charge is 2.45. The van der Waals surface area contributed by atoms with Gasteiger partial charge in [0.2, 0.25) is 0 Å². The molecule has 2 N–H and O–H groups in total. The van der Waals surface area contributed by atoms with Gasteiger partial charge in [-0.15, -0.1) is 0 Å². The summed E-state index contributed by atoms with van der Waals surface area (Å²) in [5.41, 5.74) is 6.79. The Labute approximate surface area is 157 Å². The Bertz CT molecular complexity index is 799. The fourth-order valence-electron chi connectivity index (χ4n) is 3.82. The zero-order valence-electron chi connectivity index (χ0n) is 14.4. The first-order valence-corrected chi connectivity index (χ1v) is 9.08. The molecule has 1 aromatic heterocycles. The summed E-state index contributed by atoms with van der Waals surface area (Å²) in [6.07, 6.45) is 7.16. The number of hydrogen-bond acceptors (Lipinski definition) is 4. The number of halogens is 1. The molecular formula is C20H21FN2O2S. The number of carbonyl (C=O) groups is 1. The van der Waals surface area contributed by atoms with Crippen LogP contribution >= 0.6 is 12.2 Å². The minimum absolute atomic E-state index is 0.0320. The van der Waals surface area contributed by atoms with E-state index in [4.69, 9.17) is 22.7 Å². The highest BCUT2D eigenvalue weighted by atomic mass is 32.1. The maximum absolute atomic E-state index is 13.3. The fourth-order valence-corrected chi connectivity index (χ4v) is 4.21. The van der Waals surface area contributed by atoms with Gasteiger partial charge in [0, 0.05) is 18.3 Å². The third-order valence-corrected chi connectivity index (χ3v) is 5.53. The first-order valence-electron chi connectivity index (χ1n) is 8.67. The van der Waals surface area contributed by atoms with Crippen molar-refractivity contribution in [3.05, 3.63) is 65.7 Å². The van der Waals surface area contributed by atoms with Gasteiger partial charge in [-0.1, -0.05) is 37.2 Å². The van der Waals surface area contributed by atoms with Crippen LogP contribution in [0.2, 0.25) is 0 Å². The quantitative estimate of drug-likeness (QED) is 0.639. The van der Waals surface area contributed by atoms with Crippen molar-refractivity contribution in [1.29, 1.82) is 0 Å². The zero-order valence-corrected chi connectivity index (χ0v) is 15.2. The minimum Gasteiger partial charge on any atom is -0.462 e. The normalized spacial score (nSPS) is 22.6. The second-order valence-corrected chi connectivity index (χ2v) is 7.07. The van der Waals surface area contributed by atoms with Gasteiger partial charge in [-0.05, 0) is 42.7 Å². The second kappa shape index (κ2) is 7.91. The van der Waals surface area contributed by atoms with Crippen LogP contribution in [0.1, 0.15) is 41.6 Å². The van der Waals surface area contributed by atoms with Crippen molar-refractivity contribution in [3.63, 3.8) is 0 Å². The van der Waals surface area contributed by atoms with Crippen LogP contribution < -0.4 is 5.73 Å². The van der Waals surface area contributed by atoms with Gasteiger partial charge < -0.3 is 10.5 Å². The molecule has 26 heavy (non-hydrogen) atoms. The van der Waals surface area contributed by atoms with Crippen LogP contribution in [0.5, 0.6) is 0 Å². The van der Waals surface area contributed by atoms with Crippen LogP contribution in [0.4, 0.5) is 4.39 Å². The lowest BCUT2D eigenvalue weighted by Gasteiger charge is -2.43. The molecule has 2 atom stereocenters. The molecule has 136 valence electrons. The summed E-state index contributed by atoms with van der Waals surface area (Å²) in [6, 6.07) is 9.32. The Morgan fingerprint density at radius 1 is 1.35 bits per heavy atom. The molecule has 6 heteroatoms. The number of rotatable bonds is 5.